The van der Waals surface area contributed by atoms with Crippen molar-refractivity contribution in [2.75, 3.05) is 7.11 Å². The smallest absolute Gasteiger partial charge is 0.330 e. The topological polar surface area (TPSA) is 38.3 Å². The molecule has 0 aromatic heterocycles. The molecule has 1 N–H and O–H groups in total. The number of esters is 1. The third-order valence-corrected chi connectivity index (χ3v) is 3.81. The number of carbonyl (C=O) groups excluding carboxylic acids is 1. The number of hydrogen-bond acceptors (Lipinski definition) is 3. The maximum atomic E-state index is 12.2. The summed E-state index contributed by atoms with van der Waals surface area (Å²) in [5.74, 6) is -0.144. The van der Waals surface area contributed by atoms with Gasteiger partial charge in [-0.25, -0.2) is 4.79 Å². The van der Waals surface area contributed by atoms with Crippen molar-refractivity contribution in [2.24, 2.45) is 0 Å². The van der Waals surface area contributed by atoms with Crippen LogP contribution in [0.1, 0.15) is 30.4 Å². The molecule has 1 saturated carbocycles. The van der Waals surface area contributed by atoms with E-state index < -0.39 is 5.54 Å². The van der Waals surface area contributed by atoms with Gasteiger partial charge in [-0.3, -0.25) is 5.32 Å². The van der Waals surface area contributed by atoms with E-state index in [9.17, 15) is 4.79 Å². The number of aryl methyl sites for hydroxylation is 1. The van der Waals surface area contributed by atoms with Gasteiger partial charge < -0.3 is 4.74 Å². The summed E-state index contributed by atoms with van der Waals surface area (Å²) in [6.45, 7) is 0. The highest BCUT2D eigenvalue weighted by Crippen LogP contribution is 2.40. The van der Waals surface area contributed by atoms with Gasteiger partial charge in [-0.05, 0) is 36.8 Å². The number of rotatable bonds is 3. The summed E-state index contributed by atoms with van der Waals surface area (Å²) >= 11 is 0. The molecule has 3 heteroatoms. The molecule has 0 radical (unpaired) electrons. The Morgan fingerprint density at radius 2 is 2.18 bits per heavy atom. The Kier molecular flexibility index (Phi) is 2.44. The predicted molar refractivity (Wildman–Crippen MR) is 64.6 cm³/mol. The summed E-state index contributed by atoms with van der Waals surface area (Å²) < 4.78 is 5.02. The van der Waals surface area contributed by atoms with Gasteiger partial charge in [0, 0.05) is 6.04 Å². The van der Waals surface area contributed by atoms with Gasteiger partial charge >= 0.3 is 5.97 Å². The van der Waals surface area contributed by atoms with E-state index in [0.29, 0.717) is 6.04 Å². The van der Waals surface area contributed by atoms with Crippen LogP contribution in [0, 0.1) is 0 Å². The minimum atomic E-state index is -0.591. The first-order valence-corrected chi connectivity index (χ1v) is 6.21. The van der Waals surface area contributed by atoms with Crippen LogP contribution < -0.4 is 5.32 Å². The molecular weight excluding hydrogens is 214 g/mol. The third kappa shape index (κ3) is 1.65. The van der Waals surface area contributed by atoms with Gasteiger partial charge in [0.25, 0.3) is 0 Å². The average molecular weight is 231 g/mol. The zero-order valence-corrected chi connectivity index (χ0v) is 10.0. The van der Waals surface area contributed by atoms with E-state index in [4.69, 9.17) is 4.74 Å². The molecule has 2 aliphatic rings. The summed E-state index contributed by atoms with van der Waals surface area (Å²) in [5.41, 5.74) is 1.79. The van der Waals surface area contributed by atoms with Crippen molar-refractivity contribution in [3.63, 3.8) is 0 Å². The van der Waals surface area contributed by atoms with Gasteiger partial charge in [-0.15, -0.1) is 0 Å². The zero-order chi connectivity index (χ0) is 11.9. The van der Waals surface area contributed by atoms with Crippen LogP contribution in [-0.2, 0) is 21.5 Å². The molecule has 3 nitrogen and oxygen atoms in total. The monoisotopic (exact) mass is 231 g/mol. The molecular formula is C14H17NO2. The maximum Gasteiger partial charge on any atom is 0.330 e. The van der Waals surface area contributed by atoms with Crippen molar-refractivity contribution in [3.8, 4) is 0 Å². The lowest BCUT2D eigenvalue weighted by molar-refractivity contribution is -0.149. The van der Waals surface area contributed by atoms with E-state index in [2.05, 4.69) is 17.4 Å². The van der Waals surface area contributed by atoms with Gasteiger partial charge in [0.2, 0.25) is 0 Å². The van der Waals surface area contributed by atoms with E-state index in [1.165, 1.54) is 25.5 Å². The summed E-state index contributed by atoms with van der Waals surface area (Å²) in [4.78, 5) is 12.2. The first-order valence-electron chi connectivity index (χ1n) is 6.21. The molecule has 0 saturated heterocycles. The molecule has 0 bridgehead atoms. The molecule has 17 heavy (non-hydrogen) atoms. The summed E-state index contributed by atoms with van der Waals surface area (Å²) in [6.07, 6.45) is 4.10. The lowest BCUT2D eigenvalue weighted by Crippen LogP contribution is -2.49. The summed E-state index contributed by atoms with van der Waals surface area (Å²) in [6, 6.07) is 8.67. The van der Waals surface area contributed by atoms with E-state index >= 15 is 0 Å². The van der Waals surface area contributed by atoms with Crippen LogP contribution in [0.25, 0.3) is 0 Å². The third-order valence-electron chi connectivity index (χ3n) is 3.81. The Bertz CT molecular complexity index is 453. The highest BCUT2D eigenvalue weighted by Gasteiger charge is 2.48. The summed E-state index contributed by atoms with van der Waals surface area (Å²) in [5, 5.41) is 3.50. The Balaban J connectivity index is 2.02. The minimum Gasteiger partial charge on any atom is -0.467 e. The normalized spacial score (nSPS) is 26.6. The number of carbonyl (C=O) groups is 1. The molecule has 3 rings (SSSR count). The first kappa shape index (κ1) is 10.8. The molecule has 1 aromatic rings. The van der Waals surface area contributed by atoms with Crippen molar-refractivity contribution >= 4 is 5.97 Å². The van der Waals surface area contributed by atoms with Gasteiger partial charge in [0.1, 0.15) is 5.54 Å². The Hall–Kier alpha value is -1.35. The molecule has 0 aliphatic heterocycles. The lowest BCUT2D eigenvalue weighted by Gasteiger charge is -2.28. The van der Waals surface area contributed by atoms with E-state index in [1.54, 1.807) is 0 Å². The Morgan fingerprint density at radius 1 is 1.41 bits per heavy atom. The molecule has 90 valence electrons. The number of benzene rings is 1. The van der Waals surface area contributed by atoms with Crippen LogP contribution in [0.5, 0.6) is 0 Å². The van der Waals surface area contributed by atoms with Crippen LogP contribution in [0.4, 0.5) is 0 Å². The fraction of sp³-hybridized carbons (Fsp3) is 0.500. The molecule has 0 amide bonds. The quantitative estimate of drug-likeness (QED) is 0.805. The van der Waals surface area contributed by atoms with Crippen LogP contribution in [-0.4, -0.2) is 19.1 Å². The van der Waals surface area contributed by atoms with Gasteiger partial charge in [0.15, 0.2) is 0 Å². The number of fused-ring (bicyclic) bond motifs is 1. The van der Waals surface area contributed by atoms with Crippen molar-refractivity contribution in [3.05, 3.63) is 35.4 Å². The fourth-order valence-electron chi connectivity index (χ4n) is 2.78. The largest absolute Gasteiger partial charge is 0.467 e. The average Bonchev–Trinajstić information content (AvgIpc) is 3.10. The Labute approximate surface area is 101 Å². The lowest BCUT2D eigenvalue weighted by atomic mass is 9.91. The van der Waals surface area contributed by atoms with E-state index in [1.807, 2.05) is 12.1 Å². The number of hydrogen-bond donors (Lipinski definition) is 1. The molecule has 0 spiro atoms. The van der Waals surface area contributed by atoms with Crippen molar-refractivity contribution in [1.29, 1.82) is 0 Å². The Morgan fingerprint density at radius 3 is 2.88 bits per heavy atom. The molecule has 1 atom stereocenters. The van der Waals surface area contributed by atoms with Crippen LogP contribution in [0.2, 0.25) is 0 Å². The van der Waals surface area contributed by atoms with E-state index in [0.717, 1.165) is 18.4 Å². The molecule has 2 aliphatic carbocycles. The molecule has 0 heterocycles. The second-order valence-corrected chi connectivity index (χ2v) is 4.97. The first-order chi connectivity index (χ1) is 8.26. The standard InChI is InChI=1S/C14H17NO2/c1-17-13(16)14(15-11-6-7-11)9-8-10-4-2-3-5-12(10)14/h2-5,11,15H,6-9H2,1H3. The van der Waals surface area contributed by atoms with Crippen molar-refractivity contribution in [1.82, 2.24) is 5.32 Å². The maximum absolute atomic E-state index is 12.2. The summed E-state index contributed by atoms with van der Waals surface area (Å²) in [7, 11) is 1.47. The SMILES string of the molecule is COC(=O)C1(NC2CC2)CCc2ccccc21. The molecule has 1 fully saturated rings. The predicted octanol–water partition coefficient (Wildman–Crippen LogP) is 1.75. The number of ether oxygens (including phenoxy) is 1. The van der Waals surface area contributed by atoms with Crippen LogP contribution in [0.3, 0.4) is 0 Å². The van der Waals surface area contributed by atoms with Crippen molar-refractivity contribution in [2.45, 2.75) is 37.3 Å². The number of nitrogens with one attached hydrogen (secondary N) is 1. The highest BCUT2D eigenvalue weighted by atomic mass is 16.5. The van der Waals surface area contributed by atoms with E-state index in [-0.39, 0.29) is 5.97 Å². The van der Waals surface area contributed by atoms with Gasteiger partial charge in [0.05, 0.1) is 7.11 Å². The fourth-order valence-corrected chi connectivity index (χ4v) is 2.78. The second-order valence-electron chi connectivity index (χ2n) is 4.97. The highest BCUT2D eigenvalue weighted by molar-refractivity contribution is 5.84. The van der Waals surface area contributed by atoms with Crippen molar-refractivity contribution < 1.29 is 9.53 Å². The second kappa shape index (κ2) is 3.84. The molecule has 1 unspecified atom stereocenters. The minimum absolute atomic E-state index is 0.144. The van der Waals surface area contributed by atoms with Crippen LogP contribution >= 0.6 is 0 Å². The van der Waals surface area contributed by atoms with Gasteiger partial charge in [-0.2, -0.15) is 0 Å². The number of methoxy groups -OCH3 is 1. The zero-order valence-electron chi connectivity index (χ0n) is 10.0. The van der Waals surface area contributed by atoms with Gasteiger partial charge in [-0.1, -0.05) is 24.3 Å². The molecule has 1 aromatic carbocycles. The van der Waals surface area contributed by atoms with Crippen LogP contribution in [0.15, 0.2) is 24.3 Å².